The number of carboxylic acid groups (broad SMARTS) is 1. The van der Waals surface area contributed by atoms with Crippen molar-refractivity contribution in [3.8, 4) is 0 Å². The fourth-order valence-electron chi connectivity index (χ4n) is 15.5. The molecule has 2 heterocycles. The number of aliphatic hydroxyl groups excluding tert-OH is 5. The standard InChI is InChI=1S/C51H80N2O11/c1-45(29-54)15-17-51(44(59)60)18-16-48(4)34(35(51)24-45)23-33(11-14-50(61)19-21-53-22-20-50)41-46(2)25-37(62-27-32-9-7-31(8-10-32)26-52-6)42(64-43-40(58)39(57)36(56)28-63-43)47(3,30-55)38(46)12-13-49(41,48)5/h7-10,23,33,35-43,52-58,61H,11-22,24-30H2,1-6H3,(H,59,60). The van der Waals surface area contributed by atoms with Gasteiger partial charge in [-0.25, -0.2) is 0 Å². The van der Waals surface area contributed by atoms with Crippen molar-refractivity contribution in [2.24, 2.45) is 56.2 Å². The van der Waals surface area contributed by atoms with Gasteiger partial charge in [-0.05, 0) is 154 Å². The molecule has 13 heteroatoms. The molecule has 0 radical (unpaired) electrons. The monoisotopic (exact) mass is 897 g/mol. The Bertz CT molecular complexity index is 1860. The molecule has 16 atom stereocenters. The summed E-state index contributed by atoms with van der Waals surface area (Å²) in [6.45, 7) is 13.5. The molecule has 9 N–H and O–H groups in total. The zero-order chi connectivity index (χ0) is 46.1. The second-order valence-electron chi connectivity index (χ2n) is 23.2. The van der Waals surface area contributed by atoms with Crippen LogP contribution in [-0.4, -0.2) is 124 Å². The first-order valence-corrected chi connectivity index (χ1v) is 24.5. The van der Waals surface area contributed by atoms with E-state index in [4.69, 9.17) is 14.2 Å². The molecule has 1 aromatic carbocycles. The Morgan fingerprint density at radius 3 is 2.23 bits per heavy atom. The van der Waals surface area contributed by atoms with Crippen molar-refractivity contribution in [3.05, 3.63) is 47.0 Å². The van der Waals surface area contributed by atoms with Crippen LogP contribution in [-0.2, 0) is 32.2 Å². The minimum atomic E-state index is -1.52. The highest BCUT2D eigenvalue weighted by Crippen LogP contribution is 2.77. The summed E-state index contributed by atoms with van der Waals surface area (Å²) in [5.74, 6) is -1.00. The van der Waals surface area contributed by atoms with E-state index in [1.54, 1.807) is 0 Å². The Labute approximate surface area is 380 Å². The topological polar surface area (TPSA) is 210 Å². The summed E-state index contributed by atoms with van der Waals surface area (Å²) in [6, 6.07) is 8.29. The Hall–Kier alpha value is -2.01. The number of ether oxygens (including phenoxy) is 3. The number of carboxylic acids is 1. The van der Waals surface area contributed by atoms with Gasteiger partial charge in [0.1, 0.15) is 18.3 Å². The van der Waals surface area contributed by atoms with Crippen LogP contribution in [0.3, 0.4) is 0 Å². The highest BCUT2D eigenvalue weighted by Gasteiger charge is 2.73. The van der Waals surface area contributed by atoms with Gasteiger partial charge in [0.15, 0.2) is 6.29 Å². The number of hydrogen-bond donors (Lipinski definition) is 9. The molecule has 7 aliphatic rings. The summed E-state index contributed by atoms with van der Waals surface area (Å²) in [7, 11) is 1.92. The highest BCUT2D eigenvalue weighted by atomic mass is 16.7. The number of rotatable bonds is 13. The first-order valence-electron chi connectivity index (χ1n) is 24.5. The van der Waals surface area contributed by atoms with Gasteiger partial charge in [0, 0.05) is 18.6 Å². The number of nitrogens with one attached hydrogen (secondary N) is 2. The zero-order valence-corrected chi connectivity index (χ0v) is 39.4. The normalized spacial score (nSPS) is 46.5. The van der Waals surface area contributed by atoms with Gasteiger partial charge < -0.3 is 60.6 Å². The average Bonchev–Trinajstić information content (AvgIpc) is 3.27. The van der Waals surface area contributed by atoms with Gasteiger partial charge >= 0.3 is 5.97 Å². The van der Waals surface area contributed by atoms with E-state index >= 15 is 0 Å². The number of carbonyl (C=O) groups is 1. The summed E-state index contributed by atoms with van der Waals surface area (Å²) in [6.07, 6.45) is 3.65. The van der Waals surface area contributed by atoms with Gasteiger partial charge in [0.2, 0.25) is 0 Å². The molecule has 360 valence electrons. The number of piperidine rings is 1. The maximum absolute atomic E-state index is 13.6. The lowest BCUT2D eigenvalue weighted by Crippen LogP contribution is -2.70. The van der Waals surface area contributed by atoms with Gasteiger partial charge in [0.05, 0.1) is 43.0 Å². The smallest absolute Gasteiger partial charge is 0.310 e. The van der Waals surface area contributed by atoms with E-state index in [9.17, 15) is 40.5 Å². The van der Waals surface area contributed by atoms with Crippen molar-refractivity contribution in [3.63, 3.8) is 0 Å². The largest absolute Gasteiger partial charge is 0.481 e. The van der Waals surface area contributed by atoms with Crippen LogP contribution in [0.5, 0.6) is 0 Å². The molecule has 16 unspecified atom stereocenters. The number of benzene rings is 1. The summed E-state index contributed by atoms with van der Waals surface area (Å²) in [5, 5.41) is 84.7. The third-order valence-electron chi connectivity index (χ3n) is 19.5. The lowest BCUT2D eigenvalue weighted by Gasteiger charge is -2.73. The molecule has 0 spiro atoms. The number of aliphatic hydroxyl groups is 6. The molecule has 4 saturated carbocycles. The van der Waals surface area contributed by atoms with Crippen LogP contribution in [0.25, 0.3) is 0 Å². The van der Waals surface area contributed by atoms with Crippen LogP contribution in [0.2, 0.25) is 0 Å². The van der Waals surface area contributed by atoms with E-state index in [-0.39, 0.29) is 66.3 Å². The van der Waals surface area contributed by atoms with Crippen LogP contribution in [0.1, 0.15) is 123 Å². The van der Waals surface area contributed by atoms with Gasteiger partial charge in [-0.1, -0.05) is 70.5 Å². The number of hydrogen-bond acceptors (Lipinski definition) is 12. The molecule has 0 amide bonds. The molecule has 5 aliphatic carbocycles. The van der Waals surface area contributed by atoms with Crippen LogP contribution in [0.15, 0.2) is 35.9 Å². The van der Waals surface area contributed by atoms with Gasteiger partial charge in [-0.15, -0.1) is 0 Å². The zero-order valence-electron chi connectivity index (χ0n) is 39.4. The van der Waals surface area contributed by atoms with E-state index in [2.05, 4.69) is 75.6 Å². The molecular weight excluding hydrogens is 817 g/mol. The molecule has 1 aromatic rings. The van der Waals surface area contributed by atoms with Crippen molar-refractivity contribution >= 4 is 5.97 Å². The second-order valence-corrected chi connectivity index (χ2v) is 23.2. The maximum atomic E-state index is 13.6. The van der Waals surface area contributed by atoms with Gasteiger partial charge in [0.25, 0.3) is 0 Å². The Morgan fingerprint density at radius 1 is 0.891 bits per heavy atom. The van der Waals surface area contributed by atoms with Crippen molar-refractivity contribution in [1.82, 2.24) is 10.6 Å². The van der Waals surface area contributed by atoms with Gasteiger partial charge in [-0.3, -0.25) is 4.79 Å². The fourth-order valence-corrected chi connectivity index (χ4v) is 15.5. The molecular formula is C51H80N2O11. The fraction of sp³-hybridized carbons (Fsp3) is 0.824. The quantitative estimate of drug-likeness (QED) is 0.0975. The minimum absolute atomic E-state index is 0.0141. The van der Waals surface area contributed by atoms with Gasteiger partial charge in [-0.2, -0.15) is 0 Å². The highest BCUT2D eigenvalue weighted by molar-refractivity contribution is 5.76. The van der Waals surface area contributed by atoms with Crippen LogP contribution in [0, 0.1) is 56.2 Å². The van der Waals surface area contributed by atoms with E-state index in [1.807, 2.05) is 7.05 Å². The Kier molecular flexibility index (Phi) is 13.5. The third-order valence-corrected chi connectivity index (χ3v) is 19.5. The summed E-state index contributed by atoms with van der Waals surface area (Å²) >= 11 is 0. The Morgan fingerprint density at radius 2 is 1.58 bits per heavy atom. The molecule has 8 rings (SSSR count). The molecule has 6 fully saturated rings. The van der Waals surface area contributed by atoms with Crippen molar-refractivity contribution in [1.29, 1.82) is 0 Å². The Balaban J connectivity index is 1.24. The molecule has 2 aliphatic heterocycles. The summed E-state index contributed by atoms with van der Waals surface area (Å²) in [5.41, 5.74) is -0.731. The predicted molar refractivity (Wildman–Crippen MR) is 240 cm³/mol. The predicted octanol–water partition coefficient (Wildman–Crippen LogP) is 4.68. The maximum Gasteiger partial charge on any atom is 0.310 e. The lowest BCUT2D eigenvalue weighted by atomic mass is 9.31. The second kappa shape index (κ2) is 17.8. The van der Waals surface area contributed by atoms with Crippen molar-refractivity contribution in [2.75, 3.05) is 40.0 Å². The van der Waals surface area contributed by atoms with E-state index in [0.717, 1.165) is 56.4 Å². The number of allylic oxidation sites excluding steroid dienone is 2. The van der Waals surface area contributed by atoms with Crippen LogP contribution in [0.4, 0.5) is 0 Å². The van der Waals surface area contributed by atoms with Crippen molar-refractivity contribution < 1.29 is 54.8 Å². The number of fused-ring (bicyclic) bond motifs is 7. The van der Waals surface area contributed by atoms with E-state index in [1.165, 1.54) is 5.57 Å². The van der Waals surface area contributed by atoms with E-state index < -0.39 is 64.6 Å². The average molecular weight is 897 g/mol. The third kappa shape index (κ3) is 7.96. The molecule has 64 heavy (non-hydrogen) atoms. The first kappa shape index (κ1) is 48.4. The van der Waals surface area contributed by atoms with Crippen LogP contribution >= 0.6 is 0 Å². The SMILES string of the molecule is CNCc1ccc(COC2CC3(C)C(CCC4(C)C3C(CCC3(O)CCNCC3)C=C3C5CC(C)(CO)CCC5(C(=O)O)CCC34C)C(C)(CO)C2OC2OCC(O)C(O)C2O)cc1. The molecule has 0 aromatic heterocycles. The molecule has 13 nitrogen and oxygen atoms in total. The molecule has 0 bridgehead atoms. The van der Waals surface area contributed by atoms with Crippen molar-refractivity contribution in [2.45, 2.75) is 167 Å². The number of aliphatic carboxylic acids is 1. The molecule has 2 saturated heterocycles. The minimum Gasteiger partial charge on any atom is -0.481 e. The first-order chi connectivity index (χ1) is 30.3. The summed E-state index contributed by atoms with van der Waals surface area (Å²) in [4.78, 5) is 13.6. The van der Waals surface area contributed by atoms with E-state index in [0.29, 0.717) is 51.4 Å². The van der Waals surface area contributed by atoms with Crippen LogP contribution < -0.4 is 10.6 Å². The lowest BCUT2D eigenvalue weighted by molar-refractivity contribution is -0.334. The summed E-state index contributed by atoms with van der Waals surface area (Å²) < 4.78 is 19.8.